The highest BCUT2D eigenvalue weighted by Crippen LogP contribution is 2.17. The number of benzene rings is 2. The number of nitrogens with zero attached hydrogens (tertiary/aromatic N) is 2. The number of halogens is 1. The molecule has 2 aromatic rings. The molecule has 0 saturated carbocycles. The molecule has 0 fully saturated rings. The Kier molecular flexibility index (Phi) is 7.56. The number of rotatable bonds is 8. The molecular formula is C20H26FN3O2. The van der Waals surface area contributed by atoms with Gasteiger partial charge in [0.25, 0.3) is 0 Å². The molecule has 26 heavy (non-hydrogen) atoms. The van der Waals surface area contributed by atoms with Gasteiger partial charge in [0.1, 0.15) is 5.82 Å². The fourth-order valence-corrected chi connectivity index (χ4v) is 2.50. The first-order valence-electron chi connectivity index (χ1n) is 8.51. The van der Waals surface area contributed by atoms with Crippen molar-refractivity contribution in [2.24, 2.45) is 0 Å². The Labute approximate surface area is 154 Å². The van der Waals surface area contributed by atoms with E-state index in [9.17, 15) is 9.18 Å². The molecule has 140 valence electrons. The lowest BCUT2D eigenvalue weighted by atomic mass is 10.2. The molecule has 0 atom stereocenters. The molecule has 0 unspecified atom stereocenters. The number of hydrogen-bond donors (Lipinski definition) is 1. The van der Waals surface area contributed by atoms with Gasteiger partial charge in [0.15, 0.2) is 0 Å². The van der Waals surface area contributed by atoms with E-state index in [0.717, 1.165) is 23.4 Å². The van der Waals surface area contributed by atoms with Gasteiger partial charge in [-0.25, -0.2) is 9.18 Å². The first-order chi connectivity index (χ1) is 12.5. The average Bonchev–Trinajstić information content (AvgIpc) is 2.62. The summed E-state index contributed by atoms with van der Waals surface area (Å²) in [6.45, 7) is 2.12. The second kappa shape index (κ2) is 9.89. The highest BCUT2D eigenvalue weighted by atomic mass is 19.1. The number of carbonyl (C=O) groups is 1. The van der Waals surface area contributed by atoms with Crippen LogP contribution in [0.1, 0.15) is 11.1 Å². The molecule has 0 aliphatic heterocycles. The van der Waals surface area contributed by atoms with Crippen LogP contribution >= 0.6 is 0 Å². The Morgan fingerprint density at radius 1 is 1.08 bits per heavy atom. The van der Waals surface area contributed by atoms with Crippen LogP contribution in [0.5, 0.6) is 0 Å². The summed E-state index contributed by atoms with van der Waals surface area (Å²) >= 11 is 0. The maximum Gasteiger partial charge on any atom is 0.322 e. The van der Waals surface area contributed by atoms with Crippen molar-refractivity contribution in [3.05, 3.63) is 65.5 Å². The number of methoxy groups -OCH3 is 1. The number of nitrogens with one attached hydrogen (secondary N) is 1. The molecule has 5 nitrogen and oxygen atoms in total. The zero-order valence-electron chi connectivity index (χ0n) is 15.5. The Hall–Kier alpha value is -2.44. The minimum Gasteiger partial charge on any atom is -0.380 e. The molecule has 2 aromatic carbocycles. The van der Waals surface area contributed by atoms with Crippen molar-refractivity contribution in [2.45, 2.75) is 13.2 Å². The standard InChI is InChI=1S/C20H26FN3O2/c1-23(2)12-13-24(14-16-8-10-18(21)11-9-16)20(25)22-19-7-5-4-6-17(19)15-26-3/h4-11H,12-15H2,1-3H3,(H,22,25). The smallest absolute Gasteiger partial charge is 0.322 e. The third kappa shape index (κ3) is 6.13. The topological polar surface area (TPSA) is 44.8 Å². The SMILES string of the molecule is COCc1ccccc1NC(=O)N(CCN(C)C)Cc1ccc(F)cc1. The van der Waals surface area contributed by atoms with Crippen LogP contribution in [0.15, 0.2) is 48.5 Å². The molecule has 0 aromatic heterocycles. The number of carbonyl (C=O) groups excluding carboxylic acids is 1. The van der Waals surface area contributed by atoms with E-state index in [-0.39, 0.29) is 11.8 Å². The van der Waals surface area contributed by atoms with Crippen LogP contribution in [0.25, 0.3) is 0 Å². The van der Waals surface area contributed by atoms with Crippen LogP contribution in [0.2, 0.25) is 0 Å². The second-order valence-electron chi connectivity index (χ2n) is 6.37. The van der Waals surface area contributed by atoms with Crippen molar-refractivity contribution in [1.29, 1.82) is 0 Å². The van der Waals surface area contributed by atoms with Crippen molar-refractivity contribution in [1.82, 2.24) is 9.80 Å². The van der Waals surface area contributed by atoms with Crippen molar-refractivity contribution >= 4 is 11.7 Å². The van der Waals surface area contributed by atoms with Gasteiger partial charge in [0, 0.05) is 38.0 Å². The summed E-state index contributed by atoms with van der Waals surface area (Å²) in [5.41, 5.74) is 2.52. The predicted octanol–water partition coefficient (Wildman–Crippen LogP) is 3.57. The molecule has 0 heterocycles. The number of likely N-dealkylation sites (N-methyl/N-ethyl adjacent to an activating group) is 1. The third-order valence-corrected chi connectivity index (χ3v) is 3.95. The van der Waals surface area contributed by atoms with E-state index in [1.807, 2.05) is 43.3 Å². The van der Waals surface area contributed by atoms with E-state index in [1.165, 1.54) is 12.1 Å². The summed E-state index contributed by atoms with van der Waals surface area (Å²) in [5, 5.41) is 2.97. The van der Waals surface area contributed by atoms with Gasteiger partial charge in [-0.05, 0) is 37.9 Å². The maximum absolute atomic E-state index is 13.1. The van der Waals surface area contributed by atoms with Gasteiger partial charge in [-0.2, -0.15) is 0 Å². The van der Waals surface area contributed by atoms with Crippen LogP contribution in [0.3, 0.4) is 0 Å². The van der Waals surface area contributed by atoms with Crippen molar-refractivity contribution in [2.75, 3.05) is 39.6 Å². The Bertz CT molecular complexity index is 704. The van der Waals surface area contributed by atoms with Gasteiger partial charge in [0.2, 0.25) is 0 Å². The zero-order chi connectivity index (χ0) is 18.9. The summed E-state index contributed by atoms with van der Waals surface area (Å²) in [5.74, 6) is -0.286. The van der Waals surface area contributed by atoms with Crippen LogP contribution in [0.4, 0.5) is 14.9 Å². The fraction of sp³-hybridized carbons (Fsp3) is 0.350. The van der Waals surface area contributed by atoms with Crippen LogP contribution < -0.4 is 5.32 Å². The minimum atomic E-state index is -0.286. The number of para-hydroxylation sites is 1. The van der Waals surface area contributed by atoms with E-state index in [2.05, 4.69) is 5.32 Å². The van der Waals surface area contributed by atoms with Gasteiger partial charge >= 0.3 is 6.03 Å². The number of amides is 2. The lowest BCUT2D eigenvalue weighted by Crippen LogP contribution is -2.39. The first kappa shape index (κ1) is 19.9. The van der Waals surface area contributed by atoms with E-state index in [1.54, 1.807) is 24.1 Å². The first-order valence-corrected chi connectivity index (χ1v) is 8.51. The Morgan fingerprint density at radius 3 is 2.42 bits per heavy atom. The Morgan fingerprint density at radius 2 is 1.77 bits per heavy atom. The van der Waals surface area contributed by atoms with Crippen molar-refractivity contribution in [3.63, 3.8) is 0 Å². The van der Waals surface area contributed by atoms with Gasteiger partial charge in [0.05, 0.1) is 6.61 Å². The van der Waals surface area contributed by atoms with Crippen molar-refractivity contribution in [3.8, 4) is 0 Å². The molecular weight excluding hydrogens is 333 g/mol. The van der Waals surface area contributed by atoms with Gasteiger partial charge in [-0.15, -0.1) is 0 Å². The summed E-state index contributed by atoms with van der Waals surface area (Å²) in [6, 6.07) is 13.6. The van der Waals surface area contributed by atoms with Crippen LogP contribution in [0, 0.1) is 5.82 Å². The van der Waals surface area contributed by atoms with Gasteiger partial charge in [-0.3, -0.25) is 0 Å². The third-order valence-electron chi connectivity index (χ3n) is 3.95. The predicted molar refractivity (Wildman–Crippen MR) is 102 cm³/mol. The van der Waals surface area contributed by atoms with Crippen LogP contribution in [-0.2, 0) is 17.9 Å². The lowest BCUT2D eigenvalue weighted by molar-refractivity contribution is 0.185. The summed E-state index contributed by atoms with van der Waals surface area (Å²) in [4.78, 5) is 16.6. The second-order valence-corrected chi connectivity index (χ2v) is 6.37. The molecule has 0 radical (unpaired) electrons. The highest BCUT2D eigenvalue weighted by Gasteiger charge is 2.16. The molecule has 0 saturated heterocycles. The lowest BCUT2D eigenvalue weighted by Gasteiger charge is -2.25. The molecule has 0 aliphatic rings. The van der Waals surface area contributed by atoms with Crippen LogP contribution in [-0.4, -0.2) is 50.1 Å². The van der Waals surface area contributed by atoms with E-state index in [4.69, 9.17) is 4.74 Å². The normalized spacial score (nSPS) is 10.8. The van der Waals surface area contributed by atoms with E-state index >= 15 is 0 Å². The number of ether oxygens (including phenoxy) is 1. The molecule has 2 rings (SSSR count). The molecule has 2 amide bonds. The summed E-state index contributed by atoms with van der Waals surface area (Å²) < 4.78 is 18.3. The van der Waals surface area contributed by atoms with Gasteiger partial charge < -0.3 is 19.9 Å². The van der Waals surface area contributed by atoms with E-state index in [0.29, 0.717) is 19.7 Å². The largest absolute Gasteiger partial charge is 0.380 e. The van der Waals surface area contributed by atoms with Crippen molar-refractivity contribution < 1.29 is 13.9 Å². The Balaban J connectivity index is 2.13. The maximum atomic E-state index is 13.1. The summed E-state index contributed by atoms with van der Waals surface area (Å²) in [7, 11) is 5.54. The molecule has 0 spiro atoms. The minimum absolute atomic E-state index is 0.195. The van der Waals surface area contributed by atoms with Gasteiger partial charge in [-0.1, -0.05) is 30.3 Å². The summed E-state index contributed by atoms with van der Waals surface area (Å²) in [6.07, 6.45) is 0. The monoisotopic (exact) mass is 359 g/mol. The quantitative estimate of drug-likeness (QED) is 0.784. The molecule has 6 heteroatoms. The average molecular weight is 359 g/mol. The zero-order valence-corrected chi connectivity index (χ0v) is 15.5. The van der Waals surface area contributed by atoms with E-state index < -0.39 is 0 Å². The number of urea groups is 1. The molecule has 0 aliphatic carbocycles. The number of anilines is 1. The fourth-order valence-electron chi connectivity index (χ4n) is 2.50. The molecule has 1 N–H and O–H groups in total. The molecule has 0 bridgehead atoms. The number of hydrogen-bond acceptors (Lipinski definition) is 3. The highest BCUT2D eigenvalue weighted by molar-refractivity contribution is 5.90.